The van der Waals surface area contributed by atoms with E-state index in [0.29, 0.717) is 0 Å². The number of thiophene rings is 1. The van der Waals surface area contributed by atoms with Crippen LogP contribution in [0.2, 0.25) is 0 Å². The molecule has 0 spiro atoms. The summed E-state index contributed by atoms with van der Waals surface area (Å²) in [5.74, 6) is -1.93. The predicted molar refractivity (Wildman–Crippen MR) is 47.3 cm³/mol. The van der Waals surface area contributed by atoms with Crippen LogP contribution in [0.4, 0.5) is 0 Å². The second-order valence-corrected chi connectivity index (χ2v) is 3.60. The Labute approximate surface area is 73.6 Å². The molecule has 1 aromatic heterocycles. The lowest BCUT2D eigenvalue weighted by atomic mass is 10.4. The van der Waals surface area contributed by atoms with E-state index in [1.165, 1.54) is 17.4 Å². The number of carbonyl (C=O) groups is 1. The Hall–Kier alpha value is -1.29. The first-order valence-corrected chi connectivity index (χ1v) is 4.11. The van der Waals surface area contributed by atoms with Gasteiger partial charge in [0.1, 0.15) is 0 Å². The highest BCUT2D eigenvalue weighted by Crippen LogP contribution is 2.17. The lowest BCUT2D eigenvalue weighted by molar-refractivity contribution is -0.135. The van der Waals surface area contributed by atoms with Crippen molar-refractivity contribution in [1.29, 1.82) is 0 Å². The highest BCUT2D eigenvalue weighted by Gasteiger charge is 2.03. The van der Waals surface area contributed by atoms with Crippen LogP contribution in [0.3, 0.4) is 0 Å². The second kappa shape index (κ2) is 3.40. The van der Waals surface area contributed by atoms with Gasteiger partial charge < -0.3 is 10.2 Å². The Morgan fingerprint density at radius 3 is 2.58 bits per heavy atom. The molecule has 1 aromatic rings. The first-order valence-electron chi connectivity index (χ1n) is 3.30. The van der Waals surface area contributed by atoms with Crippen molar-refractivity contribution in [2.45, 2.75) is 6.92 Å². The second-order valence-electron chi connectivity index (χ2n) is 2.28. The molecule has 0 amide bonds. The van der Waals surface area contributed by atoms with E-state index in [-0.39, 0.29) is 0 Å². The number of aliphatic hydroxyl groups is 1. The van der Waals surface area contributed by atoms with Gasteiger partial charge in [0.25, 0.3) is 0 Å². The van der Waals surface area contributed by atoms with Gasteiger partial charge in [0.05, 0.1) is 0 Å². The summed E-state index contributed by atoms with van der Waals surface area (Å²) < 4.78 is 0. The number of aliphatic carboxylic acids is 1. The molecule has 0 aliphatic heterocycles. The molecule has 0 aliphatic carbocycles. The Morgan fingerprint density at radius 2 is 2.17 bits per heavy atom. The Balaban J connectivity index is 2.87. The number of rotatable bonds is 2. The highest BCUT2D eigenvalue weighted by molar-refractivity contribution is 7.12. The summed E-state index contributed by atoms with van der Waals surface area (Å²) in [4.78, 5) is 12.0. The van der Waals surface area contributed by atoms with E-state index in [0.717, 1.165) is 9.75 Å². The van der Waals surface area contributed by atoms with Gasteiger partial charge >= 0.3 is 5.97 Å². The maximum absolute atomic E-state index is 10.2. The largest absolute Gasteiger partial charge is 0.502 e. The van der Waals surface area contributed by atoms with Gasteiger partial charge in [0.15, 0.2) is 0 Å². The minimum Gasteiger partial charge on any atom is -0.502 e. The summed E-state index contributed by atoms with van der Waals surface area (Å²) in [5.41, 5.74) is 0. The van der Waals surface area contributed by atoms with Crippen LogP contribution in [0.15, 0.2) is 17.9 Å². The standard InChI is InChI=1S/C8H8O3S/c1-5-2-3-6(12-5)4-7(9)8(10)11/h2-4,9H,1H3,(H,10,11). The Morgan fingerprint density at radius 1 is 1.50 bits per heavy atom. The van der Waals surface area contributed by atoms with E-state index in [2.05, 4.69) is 0 Å². The van der Waals surface area contributed by atoms with Crippen LogP contribution in [-0.4, -0.2) is 16.2 Å². The number of hydrogen-bond donors (Lipinski definition) is 2. The van der Waals surface area contributed by atoms with Crippen LogP contribution in [0.5, 0.6) is 0 Å². The lowest BCUT2D eigenvalue weighted by Gasteiger charge is -1.88. The van der Waals surface area contributed by atoms with Crippen molar-refractivity contribution in [3.63, 3.8) is 0 Å². The monoisotopic (exact) mass is 184 g/mol. The van der Waals surface area contributed by atoms with Gasteiger partial charge in [-0.25, -0.2) is 4.79 Å². The van der Waals surface area contributed by atoms with Crippen molar-refractivity contribution >= 4 is 23.4 Å². The summed E-state index contributed by atoms with van der Waals surface area (Å²) in [6.45, 7) is 1.92. The number of carboxylic acid groups (broad SMARTS) is 1. The zero-order valence-corrected chi connectivity index (χ0v) is 7.26. The maximum atomic E-state index is 10.2. The van der Waals surface area contributed by atoms with Crippen molar-refractivity contribution < 1.29 is 15.0 Å². The zero-order chi connectivity index (χ0) is 9.14. The highest BCUT2D eigenvalue weighted by atomic mass is 32.1. The van der Waals surface area contributed by atoms with Gasteiger partial charge in [0.2, 0.25) is 5.76 Å². The molecule has 3 nitrogen and oxygen atoms in total. The maximum Gasteiger partial charge on any atom is 0.370 e. The summed E-state index contributed by atoms with van der Waals surface area (Å²) >= 11 is 1.43. The van der Waals surface area contributed by atoms with Gasteiger partial charge in [-0.3, -0.25) is 0 Å². The minimum atomic E-state index is -1.30. The smallest absolute Gasteiger partial charge is 0.370 e. The molecule has 0 bridgehead atoms. The molecule has 0 fully saturated rings. The molecule has 0 aliphatic rings. The third-order valence-electron chi connectivity index (χ3n) is 1.26. The van der Waals surface area contributed by atoms with Crippen LogP contribution in [0.25, 0.3) is 6.08 Å². The molecule has 4 heteroatoms. The van der Waals surface area contributed by atoms with E-state index in [4.69, 9.17) is 10.2 Å². The van der Waals surface area contributed by atoms with E-state index in [9.17, 15) is 4.79 Å². The fourth-order valence-electron chi connectivity index (χ4n) is 0.727. The van der Waals surface area contributed by atoms with Crippen LogP contribution in [-0.2, 0) is 4.79 Å². The quantitative estimate of drug-likeness (QED) is 0.546. The summed E-state index contributed by atoms with van der Waals surface area (Å²) in [7, 11) is 0. The molecule has 0 saturated heterocycles. The van der Waals surface area contributed by atoms with Gasteiger partial charge in [-0.15, -0.1) is 11.3 Å². The van der Waals surface area contributed by atoms with Crippen LogP contribution < -0.4 is 0 Å². The van der Waals surface area contributed by atoms with Gasteiger partial charge in [-0.05, 0) is 19.1 Å². The number of carboxylic acids is 1. The van der Waals surface area contributed by atoms with E-state index in [1.807, 2.05) is 13.0 Å². The van der Waals surface area contributed by atoms with Crippen molar-refractivity contribution in [1.82, 2.24) is 0 Å². The molecule has 64 valence electrons. The van der Waals surface area contributed by atoms with Crippen molar-refractivity contribution in [3.8, 4) is 0 Å². The van der Waals surface area contributed by atoms with Crippen LogP contribution in [0.1, 0.15) is 9.75 Å². The van der Waals surface area contributed by atoms with Crippen LogP contribution in [0, 0.1) is 6.92 Å². The third-order valence-corrected chi connectivity index (χ3v) is 2.21. The normalized spacial score (nSPS) is 11.6. The molecule has 0 radical (unpaired) electrons. The minimum absolute atomic E-state index is 0.628. The molecule has 0 aromatic carbocycles. The molecule has 2 N–H and O–H groups in total. The van der Waals surface area contributed by atoms with Gasteiger partial charge in [0, 0.05) is 15.8 Å². The van der Waals surface area contributed by atoms with Crippen LogP contribution >= 0.6 is 11.3 Å². The number of aryl methyl sites for hydroxylation is 1. The topological polar surface area (TPSA) is 57.5 Å². The van der Waals surface area contributed by atoms with E-state index in [1.54, 1.807) is 6.07 Å². The predicted octanol–water partition coefficient (Wildman–Crippen LogP) is 2.04. The summed E-state index contributed by atoms with van der Waals surface area (Å²) in [6, 6.07) is 3.63. The Kier molecular flexibility index (Phi) is 2.50. The van der Waals surface area contributed by atoms with Gasteiger partial charge in [-0.2, -0.15) is 0 Å². The van der Waals surface area contributed by atoms with Crippen molar-refractivity contribution in [3.05, 3.63) is 27.6 Å². The average Bonchev–Trinajstić information content (AvgIpc) is 2.35. The summed E-state index contributed by atoms with van der Waals surface area (Å²) in [6.07, 6.45) is 1.24. The first-order chi connectivity index (χ1) is 5.59. The van der Waals surface area contributed by atoms with Crippen molar-refractivity contribution in [2.75, 3.05) is 0 Å². The molecule has 0 atom stereocenters. The molecule has 0 unspecified atom stereocenters. The molecule has 0 saturated carbocycles. The van der Waals surface area contributed by atoms with E-state index >= 15 is 0 Å². The molecule has 1 rings (SSSR count). The molecular formula is C8H8O3S. The summed E-state index contributed by atoms with van der Waals surface area (Å²) in [5, 5.41) is 17.2. The number of aliphatic hydroxyl groups excluding tert-OH is 1. The fraction of sp³-hybridized carbons (Fsp3) is 0.125. The lowest BCUT2D eigenvalue weighted by Crippen LogP contribution is -1.97. The van der Waals surface area contributed by atoms with E-state index < -0.39 is 11.7 Å². The third kappa shape index (κ3) is 2.10. The SMILES string of the molecule is Cc1ccc(C=C(O)C(=O)O)s1. The molecule has 1 heterocycles. The number of hydrogen-bond acceptors (Lipinski definition) is 3. The van der Waals surface area contributed by atoms with Gasteiger partial charge in [-0.1, -0.05) is 0 Å². The fourth-order valence-corrected chi connectivity index (χ4v) is 1.54. The zero-order valence-electron chi connectivity index (χ0n) is 6.44. The first kappa shape index (κ1) is 8.80. The Bertz CT molecular complexity index is 325. The average molecular weight is 184 g/mol. The molecular weight excluding hydrogens is 176 g/mol. The molecule has 12 heavy (non-hydrogen) atoms. The van der Waals surface area contributed by atoms with Crippen molar-refractivity contribution in [2.24, 2.45) is 0 Å².